The first-order valence-electron chi connectivity index (χ1n) is 7.08. The molecule has 1 aliphatic rings. The highest BCUT2D eigenvalue weighted by Crippen LogP contribution is 2.21. The predicted octanol–water partition coefficient (Wildman–Crippen LogP) is 2.68. The predicted molar refractivity (Wildman–Crippen MR) is 81.2 cm³/mol. The van der Waals surface area contributed by atoms with Gasteiger partial charge in [-0.1, -0.05) is 36.5 Å². The fourth-order valence-corrected chi connectivity index (χ4v) is 3.78. The van der Waals surface area contributed by atoms with Crippen LogP contribution in [0, 0.1) is 0 Å². The molecule has 1 aromatic heterocycles. The molecule has 0 aliphatic heterocycles. The first kappa shape index (κ1) is 13.4. The molecule has 2 aromatic rings. The number of carbonyl (C=O) groups is 1. The topological polar surface area (TPSA) is 51.1 Å². The van der Waals surface area contributed by atoms with Gasteiger partial charge < -0.3 is 5.32 Å². The molecular formula is C15H18N2O2S. The van der Waals surface area contributed by atoms with E-state index in [1.807, 2.05) is 24.3 Å². The number of fused-ring (bicyclic) bond motifs is 1. The van der Waals surface area contributed by atoms with Crippen LogP contribution in [0.5, 0.6) is 0 Å². The van der Waals surface area contributed by atoms with Crippen LogP contribution in [0.2, 0.25) is 0 Å². The number of rotatable bonds is 3. The highest BCUT2D eigenvalue weighted by molar-refractivity contribution is 7.13. The van der Waals surface area contributed by atoms with E-state index in [4.69, 9.17) is 0 Å². The van der Waals surface area contributed by atoms with E-state index in [-0.39, 0.29) is 17.5 Å². The van der Waals surface area contributed by atoms with E-state index in [1.165, 1.54) is 24.4 Å². The first-order valence-corrected chi connectivity index (χ1v) is 7.85. The van der Waals surface area contributed by atoms with E-state index in [0.29, 0.717) is 5.39 Å². The van der Waals surface area contributed by atoms with Gasteiger partial charge in [-0.3, -0.25) is 13.5 Å². The summed E-state index contributed by atoms with van der Waals surface area (Å²) >= 11 is 1.36. The van der Waals surface area contributed by atoms with Crippen LogP contribution < -0.4 is 10.9 Å². The molecule has 1 fully saturated rings. The lowest BCUT2D eigenvalue weighted by Gasteiger charge is -2.16. The maximum atomic E-state index is 12.3. The molecular weight excluding hydrogens is 272 g/mol. The minimum Gasteiger partial charge on any atom is -0.352 e. The summed E-state index contributed by atoms with van der Waals surface area (Å²) in [7, 11) is 0. The Kier molecular flexibility index (Phi) is 3.61. The molecule has 1 aromatic carbocycles. The van der Waals surface area contributed by atoms with Crippen LogP contribution >= 0.6 is 11.5 Å². The Hall–Kier alpha value is -1.62. The molecule has 4 nitrogen and oxygen atoms in total. The van der Waals surface area contributed by atoms with E-state index in [2.05, 4.69) is 5.32 Å². The monoisotopic (exact) mass is 290 g/mol. The van der Waals surface area contributed by atoms with Crippen molar-refractivity contribution in [2.75, 3.05) is 0 Å². The van der Waals surface area contributed by atoms with Gasteiger partial charge >= 0.3 is 0 Å². The largest absolute Gasteiger partial charge is 0.352 e. The van der Waals surface area contributed by atoms with Crippen molar-refractivity contribution >= 4 is 27.5 Å². The molecule has 0 spiro atoms. The summed E-state index contributed by atoms with van der Waals surface area (Å²) < 4.78 is 2.51. The molecule has 1 saturated carbocycles. The fraction of sp³-hybridized carbons (Fsp3) is 0.467. The summed E-state index contributed by atoms with van der Waals surface area (Å²) in [5, 5.41) is 3.75. The molecule has 0 saturated heterocycles. The fourth-order valence-electron chi connectivity index (χ4n) is 2.74. The molecule has 1 aliphatic carbocycles. The van der Waals surface area contributed by atoms with Gasteiger partial charge in [0.1, 0.15) is 6.04 Å². The summed E-state index contributed by atoms with van der Waals surface area (Å²) in [5.41, 5.74) is -0.0697. The van der Waals surface area contributed by atoms with Crippen molar-refractivity contribution in [2.45, 2.75) is 44.7 Å². The lowest BCUT2D eigenvalue weighted by molar-refractivity contribution is -0.124. The number of aromatic nitrogens is 1. The van der Waals surface area contributed by atoms with Crippen molar-refractivity contribution < 1.29 is 4.79 Å². The van der Waals surface area contributed by atoms with Gasteiger partial charge in [0, 0.05) is 6.04 Å². The van der Waals surface area contributed by atoms with Crippen molar-refractivity contribution in [2.24, 2.45) is 0 Å². The van der Waals surface area contributed by atoms with E-state index in [9.17, 15) is 9.59 Å². The van der Waals surface area contributed by atoms with E-state index in [1.54, 1.807) is 10.9 Å². The molecule has 0 radical (unpaired) electrons. The van der Waals surface area contributed by atoms with Gasteiger partial charge in [-0.05, 0) is 31.9 Å². The average molecular weight is 290 g/mol. The summed E-state index contributed by atoms with van der Waals surface area (Å²) in [6.07, 6.45) is 4.48. The maximum Gasteiger partial charge on any atom is 0.269 e. The number of hydrogen-bond donors (Lipinski definition) is 1. The van der Waals surface area contributed by atoms with Crippen molar-refractivity contribution in [3.8, 4) is 0 Å². The Labute approximate surface area is 121 Å². The second-order valence-corrected chi connectivity index (χ2v) is 6.40. The van der Waals surface area contributed by atoms with Crippen LogP contribution in [0.25, 0.3) is 10.1 Å². The molecule has 1 N–H and O–H groups in total. The zero-order chi connectivity index (χ0) is 14.1. The lowest BCUT2D eigenvalue weighted by atomic mass is 10.2. The minimum absolute atomic E-state index is 0.0504. The summed E-state index contributed by atoms with van der Waals surface area (Å²) in [5.74, 6) is -0.0504. The molecule has 106 valence electrons. The molecule has 5 heteroatoms. The van der Waals surface area contributed by atoms with E-state index in [0.717, 1.165) is 17.5 Å². The third-order valence-electron chi connectivity index (χ3n) is 3.95. The smallest absolute Gasteiger partial charge is 0.269 e. The standard InChI is InChI=1S/C15H18N2O2S/c1-10(14(18)16-11-6-2-3-7-11)17-15(19)12-8-4-5-9-13(12)20-17/h4-5,8-11H,2-3,6-7H2,1H3,(H,16,18)/t10-/m0/s1. The van der Waals surface area contributed by atoms with Gasteiger partial charge in [0.05, 0.1) is 10.1 Å². The lowest BCUT2D eigenvalue weighted by Crippen LogP contribution is -2.38. The van der Waals surface area contributed by atoms with Crippen molar-refractivity contribution in [1.29, 1.82) is 0 Å². The van der Waals surface area contributed by atoms with Gasteiger partial charge in [-0.15, -0.1) is 0 Å². The number of benzene rings is 1. The second kappa shape index (κ2) is 5.40. The van der Waals surface area contributed by atoms with Crippen LogP contribution in [0.3, 0.4) is 0 Å². The molecule has 1 atom stereocenters. The number of nitrogens with zero attached hydrogens (tertiary/aromatic N) is 1. The molecule has 20 heavy (non-hydrogen) atoms. The van der Waals surface area contributed by atoms with Crippen LogP contribution in [0.4, 0.5) is 0 Å². The first-order chi connectivity index (χ1) is 9.66. The Morgan fingerprint density at radius 1 is 1.35 bits per heavy atom. The Balaban J connectivity index is 1.84. The molecule has 0 unspecified atom stereocenters. The molecule has 3 rings (SSSR count). The van der Waals surface area contributed by atoms with Crippen molar-refractivity contribution in [3.63, 3.8) is 0 Å². The Bertz CT molecular complexity index is 682. The van der Waals surface area contributed by atoms with Gasteiger partial charge in [0.2, 0.25) is 5.91 Å². The normalized spacial score (nSPS) is 17.4. The SMILES string of the molecule is C[C@@H](C(=O)NC1CCCC1)n1sc2ccccc2c1=O. The van der Waals surface area contributed by atoms with Crippen LogP contribution in [-0.2, 0) is 4.79 Å². The van der Waals surface area contributed by atoms with Gasteiger partial charge in [0.25, 0.3) is 5.56 Å². The van der Waals surface area contributed by atoms with Crippen molar-refractivity contribution in [3.05, 3.63) is 34.6 Å². The average Bonchev–Trinajstić information content (AvgIpc) is 3.07. The number of amides is 1. The van der Waals surface area contributed by atoms with Gasteiger partial charge in [0.15, 0.2) is 0 Å². The van der Waals surface area contributed by atoms with Crippen LogP contribution in [-0.4, -0.2) is 15.9 Å². The minimum atomic E-state index is -0.444. The third-order valence-corrected chi connectivity index (χ3v) is 5.18. The van der Waals surface area contributed by atoms with E-state index < -0.39 is 6.04 Å². The maximum absolute atomic E-state index is 12.3. The third kappa shape index (κ3) is 2.38. The molecule has 1 amide bonds. The summed E-state index contributed by atoms with van der Waals surface area (Å²) in [6, 6.07) is 7.33. The quantitative estimate of drug-likeness (QED) is 0.945. The van der Waals surface area contributed by atoms with Crippen LogP contribution in [0.1, 0.15) is 38.6 Å². The van der Waals surface area contributed by atoms with Crippen LogP contribution in [0.15, 0.2) is 29.1 Å². The Morgan fingerprint density at radius 2 is 2.05 bits per heavy atom. The van der Waals surface area contributed by atoms with E-state index >= 15 is 0 Å². The second-order valence-electron chi connectivity index (χ2n) is 5.38. The highest BCUT2D eigenvalue weighted by atomic mass is 32.1. The van der Waals surface area contributed by atoms with Crippen molar-refractivity contribution in [1.82, 2.24) is 9.27 Å². The Morgan fingerprint density at radius 3 is 2.75 bits per heavy atom. The number of nitrogens with one attached hydrogen (secondary N) is 1. The van der Waals surface area contributed by atoms with Gasteiger partial charge in [-0.25, -0.2) is 0 Å². The summed E-state index contributed by atoms with van der Waals surface area (Å²) in [6.45, 7) is 1.79. The zero-order valence-electron chi connectivity index (χ0n) is 11.5. The highest BCUT2D eigenvalue weighted by Gasteiger charge is 2.23. The number of hydrogen-bond acceptors (Lipinski definition) is 3. The van der Waals surface area contributed by atoms with Gasteiger partial charge in [-0.2, -0.15) is 0 Å². The molecule has 0 bridgehead atoms. The molecule has 1 heterocycles. The summed E-state index contributed by atoms with van der Waals surface area (Å²) in [4.78, 5) is 24.6. The zero-order valence-corrected chi connectivity index (χ0v) is 12.3. The number of carbonyl (C=O) groups excluding carboxylic acids is 1.